The van der Waals surface area contributed by atoms with Gasteiger partial charge in [-0.2, -0.15) is 5.26 Å². The van der Waals surface area contributed by atoms with E-state index in [2.05, 4.69) is 5.32 Å². The molecular weight excluding hydrogens is 383 g/mol. The van der Waals surface area contributed by atoms with Crippen LogP contribution >= 0.6 is 0 Å². The summed E-state index contributed by atoms with van der Waals surface area (Å²) in [6.45, 7) is 1.72. The Morgan fingerprint density at radius 3 is 2.41 bits per heavy atom. The molecule has 0 saturated heterocycles. The standard InChI is InChI=1S/C21H16F3N3O2/c1-12-7-14(29-2)3-4-18(12)26-21-15(10-25)19(28)5-6-27(21)11-13-8-16(22)20(24)17(23)9-13/h3-9,26H,11H2,1-2H3. The summed E-state index contributed by atoms with van der Waals surface area (Å²) in [5.74, 6) is -3.41. The summed E-state index contributed by atoms with van der Waals surface area (Å²) in [6.07, 6.45) is 1.39. The van der Waals surface area contributed by atoms with Gasteiger partial charge in [-0.1, -0.05) is 0 Å². The first-order valence-electron chi connectivity index (χ1n) is 8.52. The van der Waals surface area contributed by atoms with Crippen molar-refractivity contribution in [2.75, 3.05) is 12.4 Å². The average Bonchev–Trinajstić information content (AvgIpc) is 2.69. The lowest BCUT2D eigenvalue weighted by molar-refractivity contribution is 0.414. The highest BCUT2D eigenvalue weighted by Gasteiger charge is 2.15. The Morgan fingerprint density at radius 2 is 1.83 bits per heavy atom. The molecule has 148 valence electrons. The lowest BCUT2D eigenvalue weighted by Gasteiger charge is -2.18. The number of aryl methyl sites for hydroxylation is 1. The van der Waals surface area contributed by atoms with Crippen molar-refractivity contribution >= 4 is 11.5 Å². The minimum atomic E-state index is -1.56. The van der Waals surface area contributed by atoms with E-state index in [0.717, 1.165) is 17.7 Å². The van der Waals surface area contributed by atoms with Gasteiger partial charge in [0.05, 0.1) is 7.11 Å². The Morgan fingerprint density at radius 1 is 1.14 bits per heavy atom. The number of rotatable bonds is 5. The van der Waals surface area contributed by atoms with Crippen molar-refractivity contribution in [3.63, 3.8) is 0 Å². The number of nitriles is 1. The molecule has 3 aromatic rings. The first kappa shape index (κ1) is 20.0. The number of hydrogen-bond donors (Lipinski definition) is 1. The zero-order chi connectivity index (χ0) is 21.1. The maximum Gasteiger partial charge on any atom is 0.201 e. The van der Waals surface area contributed by atoms with Crippen molar-refractivity contribution in [3.8, 4) is 11.8 Å². The molecule has 3 rings (SSSR count). The molecule has 1 aromatic heterocycles. The van der Waals surface area contributed by atoms with Gasteiger partial charge in [0.15, 0.2) is 17.5 Å². The zero-order valence-corrected chi connectivity index (χ0v) is 15.6. The van der Waals surface area contributed by atoms with Crippen LogP contribution in [-0.2, 0) is 6.54 Å². The van der Waals surface area contributed by atoms with Crippen molar-refractivity contribution in [2.24, 2.45) is 0 Å². The summed E-state index contributed by atoms with van der Waals surface area (Å²) in [4.78, 5) is 12.1. The Hall–Kier alpha value is -3.73. The molecule has 0 atom stereocenters. The van der Waals surface area contributed by atoms with Crippen molar-refractivity contribution in [1.29, 1.82) is 5.26 Å². The van der Waals surface area contributed by atoms with Gasteiger partial charge in [-0.15, -0.1) is 0 Å². The second kappa shape index (κ2) is 8.10. The number of nitrogens with one attached hydrogen (secondary N) is 1. The number of nitrogens with zero attached hydrogens (tertiary/aromatic N) is 2. The Balaban J connectivity index is 2.08. The molecule has 29 heavy (non-hydrogen) atoms. The topological polar surface area (TPSA) is 67.0 Å². The van der Waals surface area contributed by atoms with Crippen LogP contribution in [0.25, 0.3) is 0 Å². The van der Waals surface area contributed by atoms with Crippen LogP contribution in [0.3, 0.4) is 0 Å². The first-order chi connectivity index (χ1) is 13.8. The quantitative estimate of drug-likeness (QED) is 0.652. The maximum atomic E-state index is 13.6. The largest absolute Gasteiger partial charge is 0.497 e. The van der Waals surface area contributed by atoms with Gasteiger partial charge < -0.3 is 14.6 Å². The molecule has 0 unspecified atom stereocenters. The summed E-state index contributed by atoms with van der Waals surface area (Å²) in [5.41, 5.74) is 0.858. The molecule has 0 radical (unpaired) electrons. The van der Waals surface area contributed by atoms with E-state index in [1.165, 1.54) is 23.9 Å². The molecule has 0 spiro atoms. The van der Waals surface area contributed by atoms with E-state index in [9.17, 15) is 23.2 Å². The van der Waals surface area contributed by atoms with Crippen molar-refractivity contribution in [1.82, 2.24) is 4.57 Å². The Labute approximate surface area is 164 Å². The molecule has 0 aliphatic carbocycles. The summed E-state index contributed by atoms with van der Waals surface area (Å²) >= 11 is 0. The predicted molar refractivity (Wildman–Crippen MR) is 102 cm³/mol. The first-order valence-corrected chi connectivity index (χ1v) is 8.52. The highest BCUT2D eigenvalue weighted by Crippen LogP contribution is 2.26. The molecule has 0 amide bonds. The second-order valence-corrected chi connectivity index (χ2v) is 6.32. The molecule has 0 aliphatic rings. The molecule has 0 fully saturated rings. The minimum absolute atomic E-state index is 0.0966. The average molecular weight is 399 g/mol. The smallest absolute Gasteiger partial charge is 0.201 e. The summed E-state index contributed by atoms with van der Waals surface area (Å²) in [7, 11) is 1.53. The SMILES string of the molecule is COc1ccc(Nc2c(C#N)c(=O)ccn2Cc2cc(F)c(F)c(F)c2)c(C)c1. The number of pyridine rings is 1. The van der Waals surface area contributed by atoms with Gasteiger partial charge in [-0.05, 0) is 48.4 Å². The van der Waals surface area contributed by atoms with Gasteiger partial charge in [-0.3, -0.25) is 4.79 Å². The fourth-order valence-electron chi connectivity index (χ4n) is 2.88. The van der Waals surface area contributed by atoms with E-state index in [1.807, 2.05) is 13.0 Å². The van der Waals surface area contributed by atoms with Gasteiger partial charge in [-0.25, -0.2) is 13.2 Å². The lowest BCUT2D eigenvalue weighted by Crippen LogP contribution is -2.17. The van der Waals surface area contributed by atoms with Crippen LogP contribution in [0.2, 0.25) is 0 Å². The zero-order valence-electron chi connectivity index (χ0n) is 15.6. The molecular formula is C21H16F3N3O2. The monoisotopic (exact) mass is 399 g/mol. The number of ether oxygens (including phenoxy) is 1. The summed E-state index contributed by atoms with van der Waals surface area (Å²) in [5, 5.41) is 12.5. The molecule has 8 heteroatoms. The van der Waals surface area contributed by atoms with Crippen LogP contribution in [0, 0.1) is 35.7 Å². The maximum absolute atomic E-state index is 13.6. The van der Waals surface area contributed by atoms with Gasteiger partial charge >= 0.3 is 0 Å². The van der Waals surface area contributed by atoms with E-state index >= 15 is 0 Å². The van der Waals surface area contributed by atoms with Crippen molar-refractivity contribution in [2.45, 2.75) is 13.5 Å². The number of anilines is 2. The highest BCUT2D eigenvalue weighted by molar-refractivity contribution is 5.66. The Bertz CT molecular complexity index is 1160. The minimum Gasteiger partial charge on any atom is -0.497 e. The van der Waals surface area contributed by atoms with Crippen molar-refractivity contribution in [3.05, 3.63) is 87.0 Å². The Kier molecular flexibility index (Phi) is 5.59. The number of aromatic nitrogens is 1. The number of methoxy groups -OCH3 is 1. The lowest BCUT2D eigenvalue weighted by atomic mass is 10.1. The predicted octanol–water partition coefficient (Wildman–Crippen LogP) is 4.25. The van der Waals surface area contributed by atoms with Gasteiger partial charge in [0.2, 0.25) is 5.43 Å². The van der Waals surface area contributed by atoms with E-state index in [-0.39, 0.29) is 23.5 Å². The number of halogens is 3. The molecule has 0 aliphatic heterocycles. The van der Waals surface area contributed by atoms with Crippen LogP contribution in [0.15, 0.2) is 47.4 Å². The van der Waals surface area contributed by atoms with E-state index in [0.29, 0.717) is 11.4 Å². The fourth-order valence-corrected chi connectivity index (χ4v) is 2.88. The third-order valence-electron chi connectivity index (χ3n) is 4.37. The molecule has 1 heterocycles. The molecule has 0 bridgehead atoms. The summed E-state index contributed by atoms with van der Waals surface area (Å²) < 4.78 is 47.0. The van der Waals surface area contributed by atoms with Gasteiger partial charge in [0.25, 0.3) is 0 Å². The fraction of sp³-hybridized carbons (Fsp3) is 0.143. The van der Waals surface area contributed by atoms with Gasteiger partial charge in [0, 0.05) is 24.5 Å². The normalized spacial score (nSPS) is 10.5. The van der Waals surface area contributed by atoms with Crippen LogP contribution in [-0.4, -0.2) is 11.7 Å². The molecule has 5 nitrogen and oxygen atoms in total. The third kappa shape index (κ3) is 4.09. The highest BCUT2D eigenvalue weighted by atomic mass is 19.2. The second-order valence-electron chi connectivity index (χ2n) is 6.32. The third-order valence-corrected chi connectivity index (χ3v) is 4.37. The van der Waals surface area contributed by atoms with Crippen LogP contribution < -0.4 is 15.5 Å². The van der Waals surface area contributed by atoms with E-state index in [4.69, 9.17) is 4.74 Å². The van der Waals surface area contributed by atoms with Crippen LogP contribution in [0.5, 0.6) is 5.75 Å². The summed E-state index contributed by atoms with van der Waals surface area (Å²) in [6, 6.07) is 9.96. The van der Waals surface area contributed by atoms with Crippen LogP contribution in [0.4, 0.5) is 24.7 Å². The van der Waals surface area contributed by atoms with Gasteiger partial charge in [0.1, 0.15) is 23.2 Å². The number of benzene rings is 2. The molecule has 1 N–H and O–H groups in total. The van der Waals surface area contributed by atoms with Crippen molar-refractivity contribution < 1.29 is 17.9 Å². The number of hydrogen-bond acceptors (Lipinski definition) is 4. The van der Waals surface area contributed by atoms with E-state index < -0.39 is 22.9 Å². The van der Waals surface area contributed by atoms with E-state index in [1.54, 1.807) is 18.2 Å². The van der Waals surface area contributed by atoms with Crippen LogP contribution in [0.1, 0.15) is 16.7 Å². The molecule has 0 saturated carbocycles. The molecule has 2 aromatic carbocycles.